The van der Waals surface area contributed by atoms with E-state index in [9.17, 15) is 13.2 Å². The highest BCUT2D eigenvalue weighted by Gasteiger charge is 2.38. The summed E-state index contributed by atoms with van der Waals surface area (Å²) in [6, 6.07) is 17.9. The Morgan fingerprint density at radius 2 is 1.78 bits per heavy atom. The molecule has 0 radical (unpaired) electrons. The summed E-state index contributed by atoms with van der Waals surface area (Å²) in [5.41, 5.74) is 3.27. The van der Waals surface area contributed by atoms with Gasteiger partial charge in [-0.25, -0.2) is 4.79 Å². The average Bonchev–Trinajstić information content (AvgIpc) is 3.07. The molecule has 0 amide bonds. The van der Waals surface area contributed by atoms with E-state index in [4.69, 9.17) is 26.9 Å². The maximum absolute atomic E-state index is 10.6. The Balaban J connectivity index is 0.000000360. The zero-order valence-electron chi connectivity index (χ0n) is 16.7. The SMILES string of the molecule is CC1CN(C(=N)Nc2ccc(Cl)cc2)c2ccc3c(Br)cccc3c21.O=C(O)C(F)(F)F. The van der Waals surface area contributed by atoms with Crippen molar-refractivity contribution in [3.8, 4) is 0 Å². The molecular weight excluding hydrogens is 511 g/mol. The maximum atomic E-state index is 10.6. The van der Waals surface area contributed by atoms with E-state index in [1.165, 1.54) is 16.3 Å². The summed E-state index contributed by atoms with van der Waals surface area (Å²) in [4.78, 5) is 10.9. The van der Waals surface area contributed by atoms with Crippen molar-refractivity contribution in [1.82, 2.24) is 0 Å². The molecule has 5 nitrogen and oxygen atoms in total. The van der Waals surface area contributed by atoms with Crippen LogP contribution in [0.3, 0.4) is 0 Å². The molecule has 0 saturated heterocycles. The first-order valence-corrected chi connectivity index (χ1v) is 10.6. The van der Waals surface area contributed by atoms with E-state index in [0.29, 0.717) is 16.9 Å². The molecule has 1 aliphatic heterocycles. The molecule has 0 saturated carbocycles. The first kappa shape index (κ1) is 23.9. The number of nitrogens with zero attached hydrogens (tertiary/aromatic N) is 1. The number of rotatable bonds is 1. The van der Waals surface area contributed by atoms with Gasteiger partial charge in [0.25, 0.3) is 0 Å². The monoisotopic (exact) mass is 527 g/mol. The van der Waals surface area contributed by atoms with Gasteiger partial charge in [-0.1, -0.05) is 52.7 Å². The summed E-state index contributed by atoms with van der Waals surface area (Å²) in [6.45, 7) is 3.01. The number of halogens is 5. The second kappa shape index (κ2) is 9.38. The molecule has 32 heavy (non-hydrogen) atoms. The van der Waals surface area contributed by atoms with Crippen LogP contribution in [0, 0.1) is 5.41 Å². The van der Waals surface area contributed by atoms with Crippen molar-refractivity contribution in [3.63, 3.8) is 0 Å². The highest BCUT2D eigenvalue weighted by atomic mass is 79.9. The largest absolute Gasteiger partial charge is 0.490 e. The zero-order chi connectivity index (χ0) is 23.6. The number of guanidine groups is 1. The van der Waals surface area contributed by atoms with Crippen LogP contribution in [0.25, 0.3) is 10.8 Å². The second-order valence-corrected chi connectivity index (χ2v) is 8.42. The van der Waals surface area contributed by atoms with Gasteiger partial charge in [-0.15, -0.1) is 0 Å². The van der Waals surface area contributed by atoms with Crippen molar-refractivity contribution in [2.24, 2.45) is 0 Å². The molecule has 1 aliphatic rings. The predicted octanol–water partition coefficient (Wildman–Crippen LogP) is 6.86. The Kier molecular flexibility index (Phi) is 7.00. The number of hydrogen-bond acceptors (Lipinski definition) is 2. The topological polar surface area (TPSA) is 76.4 Å². The molecule has 3 aromatic rings. The number of nitrogens with one attached hydrogen (secondary N) is 2. The highest BCUT2D eigenvalue weighted by Crippen LogP contribution is 2.42. The van der Waals surface area contributed by atoms with Gasteiger partial charge in [-0.2, -0.15) is 13.2 Å². The van der Waals surface area contributed by atoms with Gasteiger partial charge in [-0.05, 0) is 52.7 Å². The van der Waals surface area contributed by atoms with Crippen molar-refractivity contribution in [2.75, 3.05) is 16.8 Å². The minimum atomic E-state index is -5.08. The molecule has 10 heteroatoms. The van der Waals surface area contributed by atoms with Gasteiger partial charge in [0.1, 0.15) is 0 Å². The lowest BCUT2D eigenvalue weighted by Gasteiger charge is -2.21. The van der Waals surface area contributed by atoms with E-state index in [1.54, 1.807) is 0 Å². The van der Waals surface area contributed by atoms with Gasteiger partial charge in [-0.3, -0.25) is 5.41 Å². The second-order valence-electron chi connectivity index (χ2n) is 7.13. The molecule has 0 aromatic heterocycles. The zero-order valence-corrected chi connectivity index (χ0v) is 19.0. The number of carboxylic acids is 1. The van der Waals surface area contributed by atoms with Crippen LogP contribution in [-0.4, -0.2) is 29.8 Å². The number of benzene rings is 3. The average molecular weight is 529 g/mol. The Hall–Kier alpha value is -2.78. The van der Waals surface area contributed by atoms with E-state index in [0.717, 1.165) is 22.4 Å². The Morgan fingerprint density at radius 3 is 2.38 bits per heavy atom. The lowest BCUT2D eigenvalue weighted by atomic mass is 9.96. The summed E-state index contributed by atoms with van der Waals surface area (Å²) in [7, 11) is 0. The van der Waals surface area contributed by atoms with E-state index in [2.05, 4.69) is 58.5 Å². The van der Waals surface area contributed by atoms with Crippen LogP contribution in [0.4, 0.5) is 24.5 Å². The van der Waals surface area contributed by atoms with Crippen LogP contribution in [-0.2, 0) is 4.79 Å². The molecule has 3 N–H and O–H groups in total. The first-order chi connectivity index (χ1) is 15.0. The van der Waals surface area contributed by atoms with Crippen molar-refractivity contribution >= 4 is 61.6 Å². The molecule has 1 heterocycles. The molecule has 1 unspecified atom stereocenters. The van der Waals surface area contributed by atoms with Gasteiger partial charge in [0.05, 0.1) is 0 Å². The fourth-order valence-electron chi connectivity index (χ4n) is 3.50. The van der Waals surface area contributed by atoms with Crippen LogP contribution < -0.4 is 10.2 Å². The van der Waals surface area contributed by atoms with Gasteiger partial charge >= 0.3 is 12.1 Å². The summed E-state index contributed by atoms with van der Waals surface area (Å²) in [6.07, 6.45) is -5.08. The molecule has 168 valence electrons. The smallest absolute Gasteiger partial charge is 0.475 e. The quantitative estimate of drug-likeness (QED) is 0.238. The number of alkyl halides is 3. The first-order valence-electron chi connectivity index (χ1n) is 9.39. The number of carbonyl (C=O) groups is 1. The van der Waals surface area contributed by atoms with Crippen LogP contribution in [0.2, 0.25) is 5.02 Å². The minimum Gasteiger partial charge on any atom is -0.475 e. The normalized spacial score (nSPS) is 15.1. The predicted molar refractivity (Wildman–Crippen MR) is 124 cm³/mol. The molecule has 4 rings (SSSR count). The Labute approximate surface area is 195 Å². The third-order valence-electron chi connectivity index (χ3n) is 4.89. The third kappa shape index (κ3) is 5.16. The van der Waals surface area contributed by atoms with Crippen molar-refractivity contribution in [2.45, 2.75) is 19.0 Å². The number of anilines is 2. The summed E-state index contributed by atoms with van der Waals surface area (Å²) >= 11 is 9.57. The van der Waals surface area contributed by atoms with Crippen LogP contribution >= 0.6 is 27.5 Å². The Morgan fingerprint density at radius 1 is 1.16 bits per heavy atom. The van der Waals surface area contributed by atoms with E-state index < -0.39 is 12.1 Å². The fourth-order valence-corrected chi connectivity index (χ4v) is 4.12. The highest BCUT2D eigenvalue weighted by molar-refractivity contribution is 9.10. The molecule has 3 aromatic carbocycles. The van der Waals surface area contributed by atoms with Crippen molar-refractivity contribution in [1.29, 1.82) is 5.41 Å². The van der Waals surface area contributed by atoms with Gasteiger partial charge in [0.2, 0.25) is 0 Å². The van der Waals surface area contributed by atoms with Crippen LogP contribution in [0.1, 0.15) is 18.4 Å². The van der Waals surface area contributed by atoms with Crippen molar-refractivity contribution in [3.05, 3.63) is 69.7 Å². The molecule has 0 fully saturated rings. The maximum Gasteiger partial charge on any atom is 0.490 e. The van der Waals surface area contributed by atoms with Gasteiger partial charge in [0.15, 0.2) is 5.96 Å². The van der Waals surface area contributed by atoms with E-state index in [1.807, 2.05) is 29.2 Å². The number of fused-ring (bicyclic) bond motifs is 3. The summed E-state index contributed by atoms with van der Waals surface area (Å²) in [5, 5.41) is 22.0. The standard InChI is InChI=1S/C20H17BrClN3.C2HF3O2/c1-12-11-25(20(23)24-14-7-5-13(22)6-8-14)18-10-9-15-16(19(12)18)3-2-4-17(15)21;3-2(4,5)1(6)7/h2-10,12H,11H2,1H3,(H2,23,24);(H,6,7). The minimum absolute atomic E-state index is 0.361. The third-order valence-corrected chi connectivity index (χ3v) is 5.83. The molecule has 0 spiro atoms. The lowest BCUT2D eigenvalue weighted by molar-refractivity contribution is -0.192. The number of aliphatic carboxylic acids is 1. The van der Waals surface area contributed by atoms with Crippen LogP contribution in [0.15, 0.2) is 59.1 Å². The number of carboxylic acid groups (broad SMARTS) is 1. The van der Waals surface area contributed by atoms with E-state index >= 15 is 0 Å². The van der Waals surface area contributed by atoms with Gasteiger partial charge < -0.3 is 15.3 Å². The molecule has 0 aliphatic carbocycles. The summed E-state index contributed by atoms with van der Waals surface area (Å²) in [5.74, 6) is -2.02. The van der Waals surface area contributed by atoms with Gasteiger partial charge in [0, 0.05) is 33.3 Å². The van der Waals surface area contributed by atoms with Crippen molar-refractivity contribution < 1.29 is 23.1 Å². The number of hydrogen-bond donors (Lipinski definition) is 3. The molecule has 0 bridgehead atoms. The van der Waals surface area contributed by atoms with E-state index in [-0.39, 0.29) is 0 Å². The van der Waals surface area contributed by atoms with Crippen LogP contribution in [0.5, 0.6) is 0 Å². The lowest BCUT2D eigenvalue weighted by Crippen LogP contribution is -2.34. The Bertz CT molecular complexity index is 1170. The molecular formula is C22H18BrClF3N3O2. The molecule has 1 atom stereocenters. The fraction of sp³-hybridized carbons (Fsp3) is 0.182. The summed E-state index contributed by atoms with van der Waals surface area (Å²) < 4.78 is 32.8.